The van der Waals surface area contributed by atoms with E-state index in [0.29, 0.717) is 0 Å². The minimum absolute atomic E-state index is 0. The molecule has 0 aliphatic carbocycles. The Kier molecular flexibility index (Phi) is 34.1. The van der Waals surface area contributed by atoms with Gasteiger partial charge in [0.25, 0.3) is 0 Å². The largest absolute Gasteiger partial charge is 0.481 e. The third-order valence-electron chi connectivity index (χ3n) is 4.56. The minimum Gasteiger partial charge on any atom is -0.481 e. The van der Waals surface area contributed by atoms with Crippen molar-refractivity contribution in [2.24, 2.45) is 5.92 Å². The summed E-state index contributed by atoms with van der Waals surface area (Å²) in [4.78, 5) is 43.6. The number of esters is 2. The Hall–Kier alpha value is -1.44. The summed E-state index contributed by atoms with van der Waals surface area (Å²) in [6, 6.07) is 18.5. The van der Waals surface area contributed by atoms with Crippen LogP contribution in [0.4, 0.5) is 4.79 Å². The van der Waals surface area contributed by atoms with Crippen molar-refractivity contribution in [3.8, 4) is 0 Å². The van der Waals surface area contributed by atoms with E-state index in [4.69, 9.17) is 20.1 Å². The first kappa shape index (κ1) is 46.5. The monoisotopic (exact) mass is 631 g/mol. The van der Waals surface area contributed by atoms with Crippen LogP contribution < -0.4 is 5.32 Å². The molecule has 0 aliphatic heterocycles. The maximum Gasteiger partial charge on any atom is 0.408 e. The third kappa shape index (κ3) is 22.8. The molecule has 2 rings (SSSR count). The molecule has 11 nitrogen and oxygen atoms in total. The van der Waals surface area contributed by atoms with Crippen molar-refractivity contribution in [1.82, 2.24) is 5.32 Å². The summed E-state index contributed by atoms with van der Waals surface area (Å²) >= 11 is 0. The predicted molar refractivity (Wildman–Crippen MR) is 145 cm³/mol. The SMILES string of the molecule is C.CCOC(=O)C(CO)C(=O)O.CCOC(=O)C(CO)NC(=O)OCc1ccccc1.CCc1ccccc1.[Ar].[Ar]. The Morgan fingerprint density at radius 1 is 0.732 bits per heavy atom. The molecule has 0 heterocycles. The summed E-state index contributed by atoms with van der Waals surface area (Å²) in [5, 5.41) is 27.9. The molecular formula is C28H41Ar2NO10. The van der Waals surface area contributed by atoms with Crippen LogP contribution in [0.2, 0.25) is 0 Å². The van der Waals surface area contributed by atoms with Crippen molar-refractivity contribution in [2.75, 3.05) is 26.4 Å². The van der Waals surface area contributed by atoms with Crippen molar-refractivity contribution in [1.29, 1.82) is 0 Å². The zero-order valence-corrected chi connectivity index (χ0v) is 24.0. The number of aliphatic carboxylic acids is 1. The third-order valence-corrected chi connectivity index (χ3v) is 4.56. The molecule has 234 valence electrons. The fraction of sp³-hybridized carbons (Fsp3) is 0.429. The number of aryl methyl sites for hydroxylation is 1. The smallest absolute Gasteiger partial charge is 0.408 e. The zero-order chi connectivity index (χ0) is 28.8. The van der Waals surface area contributed by atoms with Gasteiger partial charge in [-0.1, -0.05) is 75.0 Å². The average Bonchev–Trinajstić information content (AvgIpc) is 2.92. The van der Waals surface area contributed by atoms with E-state index in [-0.39, 0.29) is 103 Å². The molecule has 0 saturated heterocycles. The molecule has 0 radical (unpaired) electrons. The predicted octanol–water partition coefficient (Wildman–Crippen LogP) is 2.96. The number of carbonyl (C=O) groups excluding carboxylic acids is 3. The maximum absolute atomic E-state index is 11.4. The number of carbonyl (C=O) groups is 4. The molecule has 0 aromatic heterocycles. The summed E-state index contributed by atoms with van der Waals surface area (Å²) in [7, 11) is 0. The van der Waals surface area contributed by atoms with Crippen LogP contribution in [0.25, 0.3) is 0 Å². The number of aliphatic hydroxyl groups is 2. The summed E-state index contributed by atoms with van der Waals surface area (Å²) in [5.41, 5.74) is 2.24. The summed E-state index contributed by atoms with van der Waals surface area (Å²) in [5.74, 6) is -4.41. The van der Waals surface area contributed by atoms with E-state index < -0.39 is 49.2 Å². The number of alkyl carbamates (subject to hydrolysis) is 1. The van der Waals surface area contributed by atoms with E-state index in [0.717, 1.165) is 12.0 Å². The number of nitrogens with one attached hydrogen (secondary N) is 1. The van der Waals surface area contributed by atoms with Gasteiger partial charge in [-0.15, -0.1) is 0 Å². The first-order valence-corrected chi connectivity index (χ1v) is 12.0. The molecule has 2 unspecified atom stereocenters. The van der Waals surface area contributed by atoms with Crippen LogP contribution in [-0.2, 0) is 41.6 Å². The molecule has 0 bridgehead atoms. The first-order chi connectivity index (χ1) is 18.2. The Morgan fingerprint density at radius 3 is 1.56 bits per heavy atom. The number of rotatable bonds is 11. The van der Waals surface area contributed by atoms with Crippen LogP contribution >= 0.6 is 0 Å². The topological polar surface area (TPSA) is 169 Å². The number of carboxylic acid groups (broad SMARTS) is 1. The fourth-order valence-corrected chi connectivity index (χ4v) is 2.54. The van der Waals surface area contributed by atoms with Gasteiger partial charge in [0, 0.05) is 75.5 Å². The number of carboxylic acids is 1. The molecule has 41 heavy (non-hydrogen) atoms. The quantitative estimate of drug-likeness (QED) is 0.164. The van der Waals surface area contributed by atoms with Crippen molar-refractivity contribution >= 4 is 24.0 Å². The molecule has 2 aromatic rings. The Labute approximate surface area is 301 Å². The van der Waals surface area contributed by atoms with E-state index in [1.54, 1.807) is 13.8 Å². The second-order valence-electron chi connectivity index (χ2n) is 7.36. The number of aliphatic hydroxyl groups excluding tert-OH is 2. The maximum atomic E-state index is 11.4. The van der Waals surface area contributed by atoms with Crippen LogP contribution in [0, 0.1) is 81.4 Å². The Balaban J connectivity index is -0.000000266. The molecule has 13 heteroatoms. The molecular weight excluding hydrogens is 590 g/mol. The minimum atomic E-state index is -1.45. The summed E-state index contributed by atoms with van der Waals surface area (Å²) in [6.45, 7) is 4.48. The zero-order valence-electron chi connectivity index (χ0n) is 22.6. The van der Waals surface area contributed by atoms with Crippen LogP contribution in [0.5, 0.6) is 0 Å². The van der Waals surface area contributed by atoms with Crippen LogP contribution in [0.3, 0.4) is 0 Å². The van der Waals surface area contributed by atoms with Crippen molar-refractivity contribution in [3.63, 3.8) is 0 Å². The fourth-order valence-electron chi connectivity index (χ4n) is 2.54. The van der Waals surface area contributed by atoms with Gasteiger partial charge in [0.2, 0.25) is 0 Å². The van der Waals surface area contributed by atoms with Gasteiger partial charge in [-0.2, -0.15) is 0 Å². The van der Waals surface area contributed by atoms with E-state index in [1.807, 2.05) is 36.4 Å². The molecule has 2 atom stereocenters. The number of amides is 1. The van der Waals surface area contributed by atoms with Crippen LogP contribution in [0.1, 0.15) is 39.3 Å². The number of ether oxygens (including phenoxy) is 3. The van der Waals surface area contributed by atoms with E-state index in [2.05, 4.69) is 46.0 Å². The number of hydrogen-bond donors (Lipinski definition) is 4. The second kappa shape index (κ2) is 30.0. The number of hydrogen-bond acceptors (Lipinski definition) is 9. The standard InChI is InChI=1S/C13H17NO5.C8H10.C6H10O5.CH4.2Ar/c1-2-18-12(16)11(8-15)14-13(17)19-9-10-6-4-3-5-7-10;1-2-8-6-4-3-5-7-8;1-2-11-6(10)4(3-7)5(8)9;;;/h3-7,11,15H,2,8-9H2,1H3,(H,14,17);3-7H,2H2,1H3;4,7H,2-3H2,1H3,(H,8,9);1H4;;. The molecule has 2 aromatic carbocycles. The Morgan fingerprint density at radius 2 is 1.20 bits per heavy atom. The van der Waals surface area contributed by atoms with Crippen LogP contribution in [-0.4, -0.2) is 71.8 Å². The van der Waals surface area contributed by atoms with Gasteiger partial charge in [-0.3, -0.25) is 9.59 Å². The van der Waals surface area contributed by atoms with Crippen molar-refractivity contribution < 1.29 is 124 Å². The molecule has 1 amide bonds. The first-order valence-electron chi connectivity index (χ1n) is 12.0. The summed E-state index contributed by atoms with van der Waals surface area (Å²) in [6.07, 6.45) is 0.358. The molecule has 0 aliphatic rings. The van der Waals surface area contributed by atoms with Gasteiger partial charge >= 0.3 is 24.0 Å². The molecule has 4 N–H and O–H groups in total. The molecule has 0 fully saturated rings. The van der Waals surface area contributed by atoms with Gasteiger partial charge in [-0.05, 0) is 31.4 Å². The Bertz CT molecular complexity index is 949. The van der Waals surface area contributed by atoms with Gasteiger partial charge in [0.1, 0.15) is 6.61 Å². The van der Waals surface area contributed by atoms with Gasteiger partial charge in [0.15, 0.2) is 12.0 Å². The molecule has 0 saturated carbocycles. The average molecular weight is 632 g/mol. The second-order valence-corrected chi connectivity index (χ2v) is 7.36. The van der Waals surface area contributed by atoms with E-state index in [9.17, 15) is 19.2 Å². The van der Waals surface area contributed by atoms with E-state index in [1.165, 1.54) is 5.56 Å². The van der Waals surface area contributed by atoms with Gasteiger partial charge in [0.05, 0.1) is 26.4 Å². The van der Waals surface area contributed by atoms with Crippen molar-refractivity contribution in [2.45, 2.75) is 47.3 Å². The number of benzene rings is 2. The van der Waals surface area contributed by atoms with Crippen LogP contribution in [0.15, 0.2) is 60.7 Å². The summed E-state index contributed by atoms with van der Waals surface area (Å²) < 4.78 is 14.0. The van der Waals surface area contributed by atoms with Gasteiger partial charge < -0.3 is 34.8 Å². The van der Waals surface area contributed by atoms with Crippen molar-refractivity contribution in [3.05, 3.63) is 71.8 Å². The normalized spacial score (nSPS) is 10.4. The molecule has 0 spiro atoms. The van der Waals surface area contributed by atoms with E-state index >= 15 is 0 Å². The van der Waals surface area contributed by atoms with Gasteiger partial charge in [-0.25, -0.2) is 9.59 Å².